The van der Waals surface area contributed by atoms with Crippen LogP contribution in [0.2, 0.25) is 5.02 Å². The van der Waals surface area contributed by atoms with E-state index in [9.17, 15) is 9.90 Å². The van der Waals surface area contributed by atoms with Crippen LogP contribution >= 0.6 is 23.8 Å². The van der Waals surface area contributed by atoms with Crippen LogP contribution in [0.1, 0.15) is 28.4 Å². The molecule has 0 spiro atoms. The van der Waals surface area contributed by atoms with Crippen LogP contribution in [0.5, 0.6) is 5.88 Å². The Morgan fingerprint density at radius 3 is 2.77 bits per heavy atom. The number of rotatable bonds is 4. The molecule has 0 radical (unpaired) electrons. The molecule has 0 saturated heterocycles. The van der Waals surface area contributed by atoms with Gasteiger partial charge in [-0.1, -0.05) is 41.9 Å². The predicted octanol–water partition coefficient (Wildman–Crippen LogP) is 4.22. The smallest absolute Gasteiger partial charge is 0.260 e. The highest BCUT2D eigenvalue weighted by Crippen LogP contribution is 2.36. The number of benzene rings is 2. The third-order valence-electron chi connectivity index (χ3n) is 5.88. The van der Waals surface area contributed by atoms with Crippen molar-refractivity contribution >= 4 is 34.7 Å². The second-order valence-electron chi connectivity index (χ2n) is 7.73. The summed E-state index contributed by atoms with van der Waals surface area (Å²) in [5.41, 5.74) is 3.94. The number of aromatic nitrogens is 3. The third-order valence-corrected chi connectivity index (χ3v) is 6.43. The van der Waals surface area contributed by atoms with E-state index in [2.05, 4.69) is 15.3 Å². The van der Waals surface area contributed by atoms with Gasteiger partial charge in [-0.05, 0) is 54.4 Å². The van der Waals surface area contributed by atoms with E-state index in [1.165, 1.54) is 0 Å². The predicted molar refractivity (Wildman–Crippen MR) is 125 cm³/mol. The van der Waals surface area contributed by atoms with E-state index in [0.29, 0.717) is 24.5 Å². The summed E-state index contributed by atoms with van der Waals surface area (Å²) in [5, 5.41) is 16.2. The van der Waals surface area contributed by atoms with Gasteiger partial charge in [0.05, 0.1) is 6.04 Å². The molecule has 0 fully saturated rings. The van der Waals surface area contributed by atoms with Crippen LogP contribution in [0.15, 0.2) is 53.3 Å². The van der Waals surface area contributed by atoms with Gasteiger partial charge in [-0.2, -0.15) is 0 Å². The van der Waals surface area contributed by atoms with Gasteiger partial charge in [0.1, 0.15) is 5.56 Å². The zero-order valence-electron chi connectivity index (χ0n) is 16.6. The summed E-state index contributed by atoms with van der Waals surface area (Å²) in [6.07, 6.45) is 1.49. The molecule has 0 unspecified atom stereocenters. The van der Waals surface area contributed by atoms with Crippen LogP contribution in [-0.4, -0.2) is 26.2 Å². The van der Waals surface area contributed by atoms with Crippen LogP contribution in [-0.2, 0) is 19.4 Å². The average Bonchev–Trinajstić information content (AvgIpc) is 3.13. The van der Waals surface area contributed by atoms with Crippen molar-refractivity contribution < 1.29 is 5.11 Å². The van der Waals surface area contributed by atoms with Gasteiger partial charge in [-0.3, -0.25) is 14.3 Å². The first-order valence-electron chi connectivity index (χ1n) is 10.2. The number of nitrogens with zero attached hydrogens (tertiary/aromatic N) is 1. The van der Waals surface area contributed by atoms with E-state index in [4.69, 9.17) is 23.8 Å². The van der Waals surface area contributed by atoms with Crippen LogP contribution in [0.3, 0.4) is 0 Å². The monoisotopic (exact) mass is 452 g/mol. The molecule has 1 atom stereocenters. The lowest BCUT2D eigenvalue weighted by Gasteiger charge is -2.25. The molecule has 3 heterocycles. The van der Waals surface area contributed by atoms with Gasteiger partial charge < -0.3 is 15.4 Å². The SMILES string of the molecule is O=c1[nH]c(=S)n(CCc2ccccc2)c(O)c1[C@H]1NCCc2c1[nH]c1ccc(Cl)cc21. The zero-order chi connectivity index (χ0) is 21.5. The van der Waals surface area contributed by atoms with Gasteiger partial charge in [0, 0.05) is 34.7 Å². The van der Waals surface area contributed by atoms with Crippen LogP contribution in [0.4, 0.5) is 0 Å². The molecule has 0 saturated carbocycles. The number of hydrogen-bond acceptors (Lipinski definition) is 4. The van der Waals surface area contributed by atoms with Crippen molar-refractivity contribution in [2.24, 2.45) is 0 Å². The zero-order valence-corrected chi connectivity index (χ0v) is 18.2. The van der Waals surface area contributed by atoms with E-state index in [-0.39, 0.29) is 21.8 Å². The number of halogens is 1. The van der Waals surface area contributed by atoms with Gasteiger partial charge in [0.25, 0.3) is 5.56 Å². The van der Waals surface area contributed by atoms with Crippen LogP contribution < -0.4 is 10.9 Å². The average molecular weight is 453 g/mol. The molecule has 0 bridgehead atoms. The van der Waals surface area contributed by atoms with Gasteiger partial charge >= 0.3 is 0 Å². The summed E-state index contributed by atoms with van der Waals surface area (Å²) >= 11 is 11.6. The lowest BCUT2D eigenvalue weighted by Crippen LogP contribution is -2.35. The molecule has 1 aliphatic heterocycles. The van der Waals surface area contributed by atoms with Crippen LogP contribution in [0, 0.1) is 4.77 Å². The second kappa shape index (κ2) is 8.00. The van der Waals surface area contributed by atoms with Crippen molar-refractivity contribution in [1.82, 2.24) is 19.9 Å². The quantitative estimate of drug-likeness (QED) is 0.349. The van der Waals surface area contributed by atoms with Gasteiger partial charge in [-0.15, -0.1) is 0 Å². The van der Waals surface area contributed by atoms with E-state index >= 15 is 0 Å². The van der Waals surface area contributed by atoms with Crippen molar-refractivity contribution in [1.29, 1.82) is 0 Å². The summed E-state index contributed by atoms with van der Waals surface area (Å²) in [6, 6.07) is 15.2. The Hall–Kier alpha value is -2.87. The Labute approximate surface area is 188 Å². The van der Waals surface area contributed by atoms with Crippen molar-refractivity contribution in [2.75, 3.05) is 6.54 Å². The molecule has 2 aromatic heterocycles. The van der Waals surface area contributed by atoms with Crippen LogP contribution in [0.25, 0.3) is 10.9 Å². The molecular formula is C23H21ClN4O2S. The number of hydrogen-bond donors (Lipinski definition) is 4. The number of H-pyrrole nitrogens is 2. The highest BCUT2D eigenvalue weighted by atomic mass is 35.5. The van der Waals surface area contributed by atoms with Gasteiger partial charge in [-0.25, -0.2) is 0 Å². The fraction of sp³-hybridized carbons (Fsp3) is 0.217. The highest BCUT2D eigenvalue weighted by Gasteiger charge is 2.30. The molecular weight excluding hydrogens is 432 g/mol. The Bertz CT molecular complexity index is 1390. The number of fused-ring (bicyclic) bond motifs is 3. The molecule has 2 aromatic carbocycles. The first-order chi connectivity index (χ1) is 15.0. The summed E-state index contributed by atoms with van der Waals surface area (Å²) in [4.78, 5) is 19.1. The summed E-state index contributed by atoms with van der Waals surface area (Å²) in [7, 11) is 0. The number of aromatic hydroxyl groups is 1. The molecule has 8 heteroatoms. The number of aromatic amines is 2. The highest BCUT2D eigenvalue weighted by molar-refractivity contribution is 7.71. The fourth-order valence-corrected chi connectivity index (χ4v) is 4.82. The molecule has 1 aliphatic rings. The van der Waals surface area contributed by atoms with E-state index in [1.54, 1.807) is 4.57 Å². The number of aryl methyl sites for hydroxylation is 1. The molecule has 0 amide bonds. The Balaban J connectivity index is 1.59. The third kappa shape index (κ3) is 3.59. The Morgan fingerprint density at radius 2 is 1.97 bits per heavy atom. The normalized spacial score (nSPS) is 15.8. The van der Waals surface area contributed by atoms with Crippen molar-refractivity contribution in [3.63, 3.8) is 0 Å². The fourth-order valence-electron chi connectivity index (χ4n) is 4.37. The topological polar surface area (TPSA) is 85.8 Å². The molecule has 5 rings (SSSR count). The van der Waals surface area contributed by atoms with E-state index in [1.807, 2.05) is 48.5 Å². The van der Waals surface area contributed by atoms with Crippen molar-refractivity contribution in [2.45, 2.75) is 25.4 Å². The van der Waals surface area contributed by atoms with Crippen molar-refractivity contribution in [3.05, 3.63) is 91.1 Å². The summed E-state index contributed by atoms with van der Waals surface area (Å²) in [6.45, 7) is 1.13. The maximum absolute atomic E-state index is 12.9. The molecule has 158 valence electrons. The minimum atomic E-state index is -0.475. The molecule has 4 N–H and O–H groups in total. The van der Waals surface area contributed by atoms with Gasteiger partial charge in [0.15, 0.2) is 4.77 Å². The number of nitrogens with one attached hydrogen (secondary N) is 3. The van der Waals surface area contributed by atoms with Crippen molar-refractivity contribution in [3.8, 4) is 5.88 Å². The molecule has 0 aliphatic carbocycles. The Morgan fingerprint density at radius 1 is 1.16 bits per heavy atom. The maximum atomic E-state index is 12.9. The van der Waals surface area contributed by atoms with E-state index < -0.39 is 6.04 Å². The first-order valence-corrected chi connectivity index (χ1v) is 10.9. The summed E-state index contributed by atoms with van der Waals surface area (Å²) < 4.78 is 1.80. The maximum Gasteiger partial charge on any atom is 0.260 e. The Kier molecular flexibility index (Phi) is 5.17. The largest absolute Gasteiger partial charge is 0.494 e. The second-order valence-corrected chi connectivity index (χ2v) is 8.55. The lowest BCUT2D eigenvalue weighted by atomic mass is 9.95. The molecule has 6 nitrogen and oxygen atoms in total. The van der Waals surface area contributed by atoms with E-state index in [0.717, 1.165) is 34.1 Å². The minimum absolute atomic E-state index is 0.105. The molecule has 31 heavy (non-hydrogen) atoms. The first kappa shape index (κ1) is 20.1. The minimum Gasteiger partial charge on any atom is -0.494 e. The van der Waals surface area contributed by atoms with Gasteiger partial charge in [0.2, 0.25) is 5.88 Å². The molecule has 4 aromatic rings. The lowest BCUT2D eigenvalue weighted by molar-refractivity contribution is 0.386. The standard InChI is InChI=1S/C23H21ClN4O2S/c24-14-6-7-17-16(12-14)15-8-10-25-20(19(15)26-17)18-21(29)27-23(31)28(22(18)30)11-9-13-4-2-1-3-5-13/h1-7,12,20,25-26,30H,8-11H2,(H,27,29,31)/t20-/m1/s1. The summed E-state index contributed by atoms with van der Waals surface area (Å²) in [5.74, 6) is -0.105.